The fourth-order valence-electron chi connectivity index (χ4n) is 3.34. The van der Waals surface area contributed by atoms with E-state index in [-0.39, 0.29) is 6.10 Å². The van der Waals surface area contributed by atoms with Gasteiger partial charge in [0.1, 0.15) is 0 Å². The van der Waals surface area contributed by atoms with Crippen LogP contribution in [-0.4, -0.2) is 11.2 Å². The van der Waals surface area contributed by atoms with Crippen molar-refractivity contribution in [3.63, 3.8) is 0 Å². The molecule has 0 aromatic rings. The van der Waals surface area contributed by atoms with E-state index in [9.17, 15) is 5.11 Å². The Morgan fingerprint density at radius 3 is 2.54 bits per heavy atom. The number of fused-ring (bicyclic) bond motifs is 1. The van der Waals surface area contributed by atoms with Crippen LogP contribution in [0.2, 0.25) is 0 Å². The third kappa shape index (κ3) is 2.07. The van der Waals surface area contributed by atoms with E-state index in [4.69, 9.17) is 0 Å². The summed E-state index contributed by atoms with van der Waals surface area (Å²) in [7, 11) is 0. The maximum absolute atomic E-state index is 9.61. The highest BCUT2D eigenvalue weighted by molar-refractivity contribution is 4.85. The molecule has 4 atom stereocenters. The van der Waals surface area contributed by atoms with E-state index in [0.29, 0.717) is 0 Å². The first kappa shape index (κ1) is 9.51. The highest BCUT2D eigenvalue weighted by Gasteiger charge is 2.34. The van der Waals surface area contributed by atoms with E-state index < -0.39 is 0 Å². The molecular formula is C12H22O. The summed E-state index contributed by atoms with van der Waals surface area (Å²) in [6.07, 6.45) is 9.12. The molecule has 1 heteroatoms. The van der Waals surface area contributed by atoms with Crippen LogP contribution in [-0.2, 0) is 0 Å². The zero-order valence-corrected chi connectivity index (χ0v) is 8.71. The Kier molecular flexibility index (Phi) is 2.92. The average Bonchev–Trinajstić information content (AvgIpc) is 2.16. The molecule has 2 rings (SSSR count). The van der Waals surface area contributed by atoms with Gasteiger partial charge in [-0.2, -0.15) is 0 Å². The number of hydrogen-bond acceptors (Lipinski definition) is 1. The van der Waals surface area contributed by atoms with E-state index in [0.717, 1.165) is 30.6 Å². The van der Waals surface area contributed by atoms with Crippen LogP contribution < -0.4 is 0 Å². The molecule has 0 bridgehead atoms. The Morgan fingerprint density at radius 2 is 1.77 bits per heavy atom. The molecule has 2 fully saturated rings. The molecule has 13 heavy (non-hydrogen) atoms. The number of rotatable bonds is 1. The van der Waals surface area contributed by atoms with Gasteiger partial charge in [0, 0.05) is 0 Å². The van der Waals surface area contributed by atoms with Crippen molar-refractivity contribution in [2.45, 2.75) is 58.0 Å². The zero-order valence-electron chi connectivity index (χ0n) is 8.71. The van der Waals surface area contributed by atoms with E-state index >= 15 is 0 Å². The molecule has 0 spiro atoms. The van der Waals surface area contributed by atoms with Gasteiger partial charge in [0.2, 0.25) is 0 Å². The average molecular weight is 182 g/mol. The van der Waals surface area contributed by atoms with Gasteiger partial charge >= 0.3 is 0 Å². The molecule has 2 aliphatic rings. The van der Waals surface area contributed by atoms with Crippen molar-refractivity contribution in [3.05, 3.63) is 0 Å². The minimum Gasteiger partial charge on any atom is -0.393 e. The maximum Gasteiger partial charge on any atom is 0.0543 e. The number of hydrogen-bond donors (Lipinski definition) is 1. The van der Waals surface area contributed by atoms with E-state index in [2.05, 4.69) is 6.92 Å². The summed E-state index contributed by atoms with van der Waals surface area (Å²) in [5, 5.41) is 9.61. The molecule has 0 amide bonds. The Hall–Kier alpha value is -0.0400. The Morgan fingerprint density at radius 1 is 1.00 bits per heavy atom. The first-order valence-electron chi connectivity index (χ1n) is 5.97. The van der Waals surface area contributed by atoms with Gasteiger partial charge in [0.15, 0.2) is 0 Å². The molecule has 0 heterocycles. The third-order valence-corrected chi connectivity index (χ3v) is 4.27. The minimum absolute atomic E-state index is 0.0249. The summed E-state index contributed by atoms with van der Waals surface area (Å²) in [4.78, 5) is 0. The quantitative estimate of drug-likeness (QED) is 0.661. The molecule has 4 unspecified atom stereocenters. The van der Waals surface area contributed by atoms with Crippen molar-refractivity contribution >= 4 is 0 Å². The first-order valence-corrected chi connectivity index (χ1v) is 5.97. The lowest BCUT2D eigenvalue weighted by Crippen LogP contribution is -2.32. The van der Waals surface area contributed by atoms with Crippen LogP contribution in [0.25, 0.3) is 0 Å². The van der Waals surface area contributed by atoms with E-state index in [1.165, 1.54) is 32.1 Å². The summed E-state index contributed by atoms with van der Waals surface area (Å²) < 4.78 is 0. The molecule has 76 valence electrons. The lowest BCUT2D eigenvalue weighted by Gasteiger charge is -2.40. The summed E-state index contributed by atoms with van der Waals surface area (Å²) >= 11 is 0. The van der Waals surface area contributed by atoms with Gasteiger partial charge < -0.3 is 5.11 Å². The predicted octanol–water partition coefficient (Wildman–Crippen LogP) is 2.97. The van der Waals surface area contributed by atoms with E-state index in [1.54, 1.807) is 0 Å². The second-order valence-electron chi connectivity index (χ2n) is 5.07. The summed E-state index contributed by atoms with van der Waals surface area (Å²) in [6, 6.07) is 0. The normalized spacial score (nSPS) is 45.7. The van der Waals surface area contributed by atoms with Crippen LogP contribution in [0, 0.1) is 17.8 Å². The monoisotopic (exact) mass is 182 g/mol. The summed E-state index contributed by atoms with van der Waals surface area (Å²) in [5.41, 5.74) is 0. The van der Waals surface area contributed by atoms with Crippen LogP contribution in [0.4, 0.5) is 0 Å². The third-order valence-electron chi connectivity index (χ3n) is 4.27. The minimum atomic E-state index is 0.0249. The molecule has 0 saturated heterocycles. The number of aliphatic hydroxyl groups is 1. The lowest BCUT2D eigenvalue weighted by atomic mass is 9.66. The van der Waals surface area contributed by atoms with Gasteiger partial charge in [-0.15, -0.1) is 0 Å². The smallest absolute Gasteiger partial charge is 0.0543 e. The second kappa shape index (κ2) is 4.00. The van der Waals surface area contributed by atoms with Gasteiger partial charge in [-0.1, -0.05) is 19.8 Å². The van der Waals surface area contributed by atoms with Crippen molar-refractivity contribution in [2.75, 3.05) is 0 Å². The first-order chi connectivity index (χ1) is 6.29. The Balaban J connectivity index is 1.91. The van der Waals surface area contributed by atoms with E-state index in [1.807, 2.05) is 0 Å². The fraction of sp³-hybridized carbons (Fsp3) is 1.00. The standard InChI is InChI=1S/C12H22O/c1-2-9-3-4-10-5-6-12(13)8-11(10)7-9/h9-13H,2-8H2,1H3. The van der Waals surface area contributed by atoms with Gasteiger partial charge in [0.25, 0.3) is 0 Å². The topological polar surface area (TPSA) is 20.2 Å². The highest BCUT2D eigenvalue weighted by atomic mass is 16.3. The van der Waals surface area contributed by atoms with Crippen LogP contribution in [0.3, 0.4) is 0 Å². The summed E-state index contributed by atoms with van der Waals surface area (Å²) in [5.74, 6) is 2.79. The lowest BCUT2D eigenvalue weighted by molar-refractivity contribution is 0.0342. The predicted molar refractivity (Wildman–Crippen MR) is 54.5 cm³/mol. The zero-order chi connectivity index (χ0) is 9.26. The van der Waals surface area contributed by atoms with Gasteiger partial charge in [-0.3, -0.25) is 0 Å². The molecule has 0 aliphatic heterocycles. The van der Waals surface area contributed by atoms with Gasteiger partial charge in [-0.25, -0.2) is 0 Å². The van der Waals surface area contributed by atoms with Crippen molar-refractivity contribution in [1.29, 1.82) is 0 Å². The molecular weight excluding hydrogens is 160 g/mol. The molecule has 1 nitrogen and oxygen atoms in total. The van der Waals surface area contributed by atoms with Gasteiger partial charge in [0.05, 0.1) is 6.10 Å². The second-order valence-corrected chi connectivity index (χ2v) is 5.07. The van der Waals surface area contributed by atoms with Crippen molar-refractivity contribution < 1.29 is 5.11 Å². The highest BCUT2D eigenvalue weighted by Crippen LogP contribution is 2.43. The van der Waals surface area contributed by atoms with Crippen molar-refractivity contribution in [3.8, 4) is 0 Å². The fourth-order valence-corrected chi connectivity index (χ4v) is 3.34. The molecule has 1 N–H and O–H groups in total. The summed E-state index contributed by atoms with van der Waals surface area (Å²) in [6.45, 7) is 2.31. The van der Waals surface area contributed by atoms with Crippen LogP contribution in [0.15, 0.2) is 0 Å². The largest absolute Gasteiger partial charge is 0.393 e. The SMILES string of the molecule is CCC1CCC2CCC(O)CC2C1. The molecule has 2 saturated carbocycles. The Bertz CT molecular complexity index is 167. The van der Waals surface area contributed by atoms with Crippen LogP contribution in [0.5, 0.6) is 0 Å². The molecule has 0 aromatic carbocycles. The molecule has 0 radical (unpaired) electrons. The number of aliphatic hydroxyl groups excluding tert-OH is 1. The molecule has 2 aliphatic carbocycles. The van der Waals surface area contributed by atoms with Crippen molar-refractivity contribution in [2.24, 2.45) is 17.8 Å². The molecule has 0 aromatic heterocycles. The van der Waals surface area contributed by atoms with Gasteiger partial charge in [-0.05, 0) is 49.9 Å². The Labute approximate surface area is 81.5 Å². The van der Waals surface area contributed by atoms with Crippen LogP contribution in [0.1, 0.15) is 51.9 Å². The van der Waals surface area contributed by atoms with Crippen LogP contribution >= 0.6 is 0 Å². The van der Waals surface area contributed by atoms with Crippen molar-refractivity contribution in [1.82, 2.24) is 0 Å². The maximum atomic E-state index is 9.61.